The summed E-state index contributed by atoms with van der Waals surface area (Å²) in [5, 5.41) is 21.7. The number of rotatable bonds is 2. The van der Waals surface area contributed by atoms with Gasteiger partial charge in [0.15, 0.2) is 5.69 Å². The van der Waals surface area contributed by atoms with Crippen molar-refractivity contribution in [2.45, 2.75) is 0 Å². The molecule has 76 valence electrons. The van der Waals surface area contributed by atoms with Gasteiger partial charge >= 0.3 is 5.97 Å². The third-order valence-electron chi connectivity index (χ3n) is 1.97. The Morgan fingerprint density at radius 1 is 1.27 bits per heavy atom. The third-order valence-corrected chi connectivity index (χ3v) is 1.97. The molecule has 2 N–H and O–H groups in total. The first-order valence-electron chi connectivity index (χ1n) is 4.16. The topological polar surface area (TPSA) is 83.6 Å². The average molecular weight is 205 g/mol. The third kappa shape index (κ3) is 1.54. The monoisotopic (exact) mass is 205 g/mol. The van der Waals surface area contributed by atoms with E-state index in [1.54, 1.807) is 18.2 Å². The number of nitrogens with zero attached hydrogens (tertiary/aromatic N) is 1. The first-order chi connectivity index (χ1) is 7.20. The molecule has 0 bridgehead atoms. The number of aromatic hydroxyl groups is 1. The SMILES string of the molecule is O=C(O)c1nocc1-c1ccccc1O. The summed E-state index contributed by atoms with van der Waals surface area (Å²) < 4.78 is 4.57. The molecule has 0 fully saturated rings. The molecule has 1 aromatic heterocycles. The van der Waals surface area contributed by atoms with Crippen molar-refractivity contribution in [1.82, 2.24) is 5.16 Å². The summed E-state index contributed by atoms with van der Waals surface area (Å²) in [6.07, 6.45) is 1.19. The van der Waals surface area contributed by atoms with Crippen LogP contribution in [0.4, 0.5) is 0 Å². The molecule has 0 aliphatic heterocycles. The first kappa shape index (κ1) is 9.26. The standard InChI is InChI=1S/C10H7NO4/c12-8-4-2-1-3-6(8)7-5-15-11-9(7)10(13)14/h1-5,12H,(H,13,14). The van der Waals surface area contributed by atoms with Gasteiger partial charge in [-0.1, -0.05) is 23.4 Å². The van der Waals surface area contributed by atoms with Gasteiger partial charge in [-0.15, -0.1) is 0 Å². The zero-order chi connectivity index (χ0) is 10.8. The average Bonchev–Trinajstić information content (AvgIpc) is 2.67. The quantitative estimate of drug-likeness (QED) is 0.780. The Bertz CT molecular complexity index is 504. The molecule has 0 atom stereocenters. The van der Waals surface area contributed by atoms with Crippen LogP contribution in [-0.2, 0) is 0 Å². The second-order valence-corrected chi connectivity index (χ2v) is 2.90. The lowest BCUT2D eigenvalue weighted by molar-refractivity contribution is 0.0686. The van der Waals surface area contributed by atoms with Crippen LogP contribution in [0, 0.1) is 0 Å². The molecular formula is C10H7NO4. The highest BCUT2D eigenvalue weighted by Crippen LogP contribution is 2.30. The number of benzene rings is 1. The number of phenolic OH excluding ortho intramolecular Hbond substituents is 1. The van der Waals surface area contributed by atoms with Crippen LogP contribution in [0.2, 0.25) is 0 Å². The van der Waals surface area contributed by atoms with Gasteiger partial charge < -0.3 is 14.7 Å². The minimum atomic E-state index is -1.19. The molecule has 0 spiro atoms. The number of aromatic nitrogens is 1. The summed E-state index contributed by atoms with van der Waals surface area (Å²) in [6, 6.07) is 6.39. The zero-order valence-corrected chi connectivity index (χ0v) is 7.54. The molecule has 0 radical (unpaired) electrons. The maximum absolute atomic E-state index is 10.8. The summed E-state index contributed by atoms with van der Waals surface area (Å²) in [7, 11) is 0. The fourth-order valence-corrected chi connectivity index (χ4v) is 1.28. The first-order valence-corrected chi connectivity index (χ1v) is 4.16. The minimum absolute atomic E-state index is 0.0109. The highest BCUT2D eigenvalue weighted by molar-refractivity contribution is 5.94. The number of hydrogen-bond acceptors (Lipinski definition) is 4. The molecule has 0 saturated carbocycles. The van der Waals surface area contributed by atoms with Crippen molar-refractivity contribution in [2.24, 2.45) is 0 Å². The van der Waals surface area contributed by atoms with E-state index in [-0.39, 0.29) is 17.0 Å². The smallest absolute Gasteiger partial charge is 0.358 e. The van der Waals surface area contributed by atoms with Crippen LogP contribution >= 0.6 is 0 Å². The molecule has 1 aromatic carbocycles. The van der Waals surface area contributed by atoms with Crippen molar-refractivity contribution in [3.8, 4) is 16.9 Å². The summed E-state index contributed by atoms with van der Waals surface area (Å²) in [5.74, 6) is -1.20. The predicted octanol–water partition coefficient (Wildman–Crippen LogP) is 1.75. The van der Waals surface area contributed by atoms with E-state index >= 15 is 0 Å². The maximum atomic E-state index is 10.8. The Morgan fingerprint density at radius 3 is 2.67 bits per heavy atom. The minimum Gasteiger partial charge on any atom is -0.507 e. The number of carboxylic acid groups (broad SMARTS) is 1. The van der Waals surface area contributed by atoms with E-state index in [0.29, 0.717) is 5.56 Å². The van der Waals surface area contributed by atoms with E-state index in [2.05, 4.69) is 9.68 Å². The van der Waals surface area contributed by atoms with Gasteiger partial charge in [-0.2, -0.15) is 0 Å². The fourth-order valence-electron chi connectivity index (χ4n) is 1.28. The summed E-state index contributed by atoms with van der Waals surface area (Å²) in [4.78, 5) is 10.8. The molecule has 2 aromatic rings. The molecule has 0 amide bonds. The fraction of sp³-hybridized carbons (Fsp3) is 0. The van der Waals surface area contributed by atoms with Crippen LogP contribution in [0.3, 0.4) is 0 Å². The van der Waals surface area contributed by atoms with E-state index in [9.17, 15) is 9.90 Å². The largest absolute Gasteiger partial charge is 0.507 e. The van der Waals surface area contributed by atoms with E-state index in [4.69, 9.17) is 5.11 Å². The Morgan fingerprint density at radius 2 is 2.00 bits per heavy atom. The highest BCUT2D eigenvalue weighted by Gasteiger charge is 2.18. The number of carboxylic acids is 1. The van der Waals surface area contributed by atoms with E-state index in [1.807, 2.05) is 0 Å². The second kappa shape index (κ2) is 3.45. The van der Waals surface area contributed by atoms with Crippen molar-refractivity contribution in [3.05, 3.63) is 36.2 Å². The molecule has 1 heterocycles. The predicted molar refractivity (Wildman–Crippen MR) is 50.6 cm³/mol. The molecule has 0 saturated heterocycles. The summed E-state index contributed by atoms with van der Waals surface area (Å²) in [5.41, 5.74) is 0.438. The van der Waals surface area contributed by atoms with Gasteiger partial charge in [0, 0.05) is 5.56 Å². The molecule has 0 unspecified atom stereocenters. The van der Waals surface area contributed by atoms with Crippen LogP contribution in [0.5, 0.6) is 5.75 Å². The van der Waals surface area contributed by atoms with Gasteiger partial charge in [0.1, 0.15) is 12.0 Å². The number of phenols is 1. The lowest BCUT2D eigenvalue weighted by atomic mass is 10.1. The molecule has 2 rings (SSSR count). The summed E-state index contributed by atoms with van der Waals surface area (Å²) in [6.45, 7) is 0. The Balaban J connectivity index is 2.59. The molecule has 0 aliphatic rings. The van der Waals surface area contributed by atoms with Crippen molar-refractivity contribution < 1.29 is 19.5 Å². The zero-order valence-electron chi connectivity index (χ0n) is 7.54. The molecule has 15 heavy (non-hydrogen) atoms. The van der Waals surface area contributed by atoms with E-state index in [1.165, 1.54) is 12.3 Å². The van der Waals surface area contributed by atoms with Gasteiger partial charge in [0.2, 0.25) is 0 Å². The molecule has 5 heteroatoms. The van der Waals surface area contributed by atoms with Crippen molar-refractivity contribution >= 4 is 5.97 Å². The van der Waals surface area contributed by atoms with Gasteiger partial charge in [0.25, 0.3) is 0 Å². The van der Waals surface area contributed by atoms with Crippen LogP contribution in [0.15, 0.2) is 35.1 Å². The Kier molecular flexibility index (Phi) is 2.13. The van der Waals surface area contributed by atoms with E-state index in [0.717, 1.165) is 0 Å². The Labute approximate surface area is 84.6 Å². The molecule has 0 aliphatic carbocycles. The van der Waals surface area contributed by atoms with Crippen LogP contribution in [0.1, 0.15) is 10.5 Å². The summed E-state index contributed by atoms with van der Waals surface area (Å²) >= 11 is 0. The van der Waals surface area contributed by atoms with Crippen molar-refractivity contribution in [3.63, 3.8) is 0 Å². The van der Waals surface area contributed by atoms with E-state index < -0.39 is 5.97 Å². The number of hydrogen-bond donors (Lipinski definition) is 2. The van der Waals surface area contributed by atoms with Crippen molar-refractivity contribution in [1.29, 1.82) is 0 Å². The van der Waals surface area contributed by atoms with Crippen LogP contribution < -0.4 is 0 Å². The van der Waals surface area contributed by atoms with Gasteiger partial charge in [-0.25, -0.2) is 4.79 Å². The van der Waals surface area contributed by atoms with Gasteiger partial charge in [0.05, 0.1) is 5.56 Å². The van der Waals surface area contributed by atoms with Crippen LogP contribution in [-0.4, -0.2) is 21.3 Å². The van der Waals surface area contributed by atoms with Gasteiger partial charge in [-0.05, 0) is 6.07 Å². The molecule has 5 nitrogen and oxygen atoms in total. The highest BCUT2D eigenvalue weighted by atomic mass is 16.5. The maximum Gasteiger partial charge on any atom is 0.358 e. The van der Waals surface area contributed by atoms with Crippen LogP contribution in [0.25, 0.3) is 11.1 Å². The molecular weight excluding hydrogens is 198 g/mol. The second-order valence-electron chi connectivity index (χ2n) is 2.90. The van der Waals surface area contributed by atoms with Crippen molar-refractivity contribution in [2.75, 3.05) is 0 Å². The normalized spacial score (nSPS) is 10.1. The number of carbonyl (C=O) groups is 1. The lowest BCUT2D eigenvalue weighted by Gasteiger charge is -2.00. The number of aromatic carboxylic acids is 1. The number of para-hydroxylation sites is 1. The van der Waals surface area contributed by atoms with Gasteiger partial charge in [-0.3, -0.25) is 0 Å². The Hall–Kier alpha value is -2.30. The lowest BCUT2D eigenvalue weighted by Crippen LogP contribution is -1.98.